The molecule has 0 saturated carbocycles. The van der Waals surface area contributed by atoms with Crippen molar-refractivity contribution in [2.45, 2.75) is 13.8 Å². The lowest BCUT2D eigenvalue weighted by atomic mass is 10.1. The number of rotatable bonds is 4. The van der Waals surface area contributed by atoms with E-state index >= 15 is 0 Å². The molecule has 0 aliphatic rings. The number of halogens is 1. The van der Waals surface area contributed by atoms with E-state index in [0.29, 0.717) is 17.9 Å². The Labute approximate surface area is 149 Å². The first-order valence-corrected chi connectivity index (χ1v) is 8.49. The van der Waals surface area contributed by atoms with E-state index in [1.807, 2.05) is 61.5 Å². The van der Waals surface area contributed by atoms with Gasteiger partial charge in [0.05, 0.1) is 18.0 Å². The van der Waals surface area contributed by atoms with Crippen LogP contribution >= 0.6 is 15.9 Å². The molecule has 0 spiro atoms. The molecule has 4 nitrogen and oxygen atoms in total. The minimum Gasteiger partial charge on any atom is -0.462 e. The topological polar surface area (TPSA) is 44.1 Å². The molecule has 5 heteroatoms. The van der Waals surface area contributed by atoms with Crippen LogP contribution in [0.15, 0.2) is 59.1 Å². The lowest BCUT2D eigenvalue weighted by Gasteiger charge is -2.05. The molecule has 3 rings (SSSR count). The summed E-state index contributed by atoms with van der Waals surface area (Å²) >= 11 is 3.47. The number of para-hydroxylation sites is 1. The summed E-state index contributed by atoms with van der Waals surface area (Å²) in [7, 11) is 0. The van der Waals surface area contributed by atoms with E-state index in [0.717, 1.165) is 21.4 Å². The van der Waals surface area contributed by atoms with Crippen LogP contribution in [0.1, 0.15) is 23.0 Å². The number of hydrogen-bond donors (Lipinski definition) is 0. The molecule has 0 amide bonds. The van der Waals surface area contributed by atoms with Gasteiger partial charge in [0.25, 0.3) is 0 Å². The lowest BCUT2D eigenvalue weighted by molar-refractivity contribution is 0.0526. The van der Waals surface area contributed by atoms with Crippen molar-refractivity contribution in [3.8, 4) is 16.9 Å². The second-order valence-corrected chi connectivity index (χ2v) is 6.20. The standard InChI is InChI=1S/C19H17BrN2O2/c1-3-24-19(23)17-13(2)22(16-10-5-4-6-11-16)21-18(17)14-8-7-9-15(20)12-14/h4-12H,3H2,1-2H3. The van der Waals surface area contributed by atoms with Gasteiger partial charge in [0.1, 0.15) is 11.3 Å². The Balaban J connectivity index is 2.21. The van der Waals surface area contributed by atoms with Crippen LogP contribution in [0.2, 0.25) is 0 Å². The SMILES string of the molecule is CCOC(=O)c1c(-c2cccc(Br)c2)nn(-c2ccccc2)c1C. The number of hydrogen-bond acceptors (Lipinski definition) is 3. The second-order valence-electron chi connectivity index (χ2n) is 5.29. The van der Waals surface area contributed by atoms with Crippen molar-refractivity contribution in [1.82, 2.24) is 9.78 Å². The van der Waals surface area contributed by atoms with Crippen LogP contribution in [0.3, 0.4) is 0 Å². The molecule has 1 heterocycles. The zero-order chi connectivity index (χ0) is 17.1. The monoisotopic (exact) mass is 384 g/mol. The summed E-state index contributed by atoms with van der Waals surface area (Å²) in [5.74, 6) is -0.354. The van der Waals surface area contributed by atoms with Gasteiger partial charge in [-0.15, -0.1) is 0 Å². The molecule has 0 N–H and O–H groups in total. The second kappa shape index (κ2) is 7.01. The predicted molar refractivity (Wildman–Crippen MR) is 97.4 cm³/mol. The van der Waals surface area contributed by atoms with Crippen molar-refractivity contribution in [3.63, 3.8) is 0 Å². The molecule has 2 aromatic carbocycles. The maximum absolute atomic E-state index is 12.5. The van der Waals surface area contributed by atoms with E-state index in [1.165, 1.54) is 0 Å². The number of aromatic nitrogens is 2. The third-order valence-electron chi connectivity index (χ3n) is 3.69. The Morgan fingerprint density at radius 1 is 1.17 bits per heavy atom. The molecule has 3 aromatic rings. The maximum atomic E-state index is 12.5. The van der Waals surface area contributed by atoms with Gasteiger partial charge >= 0.3 is 5.97 Å². The number of carbonyl (C=O) groups excluding carboxylic acids is 1. The predicted octanol–water partition coefficient (Wildman–Crippen LogP) is 4.79. The quantitative estimate of drug-likeness (QED) is 0.607. The van der Waals surface area contributed by atoms with Crippen molar-refractivity contribution >= 4 is 21.9 Å². The Morgan fingerprint density at radius 3 is 2.58 bits per heavy atom. The largest absolute Gasteiger partial charge is 0.462 e. The molecule has 0 fully saturated rings. The van der Waals surface area contributed by atoms with Gasteiger partial charge in [-0.1, -0.05) is 46.3 Å². The summed E-state index contributed by atoms with van der Waals surface area (Å²) in [5, 5.41) is 4.69. The smallest absolute Gasteiger partial charge is 0.342 e. The van der Waals surface area contributed by atoms with Crippen LogP contribution < -0.4 is 0 Å². The van der Waals surface area contributed by atoms with Crippen LogP contribution in [-0.4, -0.2) is 22.4 Å². The number of esters is 1. The van der Waals surface area contributed by atoms with Gasteiger partial charge in [0, 0.05) is 10.0 Å². The van der Waals surface area contributed by atoms with E-state index in [1.54, 1.807) is 11.6 Å². The summed E-state index contributed by atoms with van der Waals surface area (Å²) in [5.41, 5.74) is 3.65. The van der Waals surface area contributed by atoms with Gasteiger partial charge in [0.2, 0.25) is 0 Å². The minimum absolute atomic E-state index is 0.326. The molecule has 1 aromatic heterocycles. The van der Waals surface area contributed by atoms with Crippen molar-refractivity contribution in [2.75, 3.05) is 6.61 Å². The zero-order valence-electron chi connectivity index (χ0n) is 13.5. The fourth-order valence-electron chi connectivity index (χ4n) is 2.61. The van der Waals surface area contributed by atoms with Crippen LogP contribution in [-0.2, 0) is 4.74 Å². The minimum atomic E-state index is -0.354. The first-order valence-electron chi connectivity index (χ1n) is 7.70. The lowest BCUT2D eigenvalue weighted by Crippen LogP contribution is -2.07. The van der Waals surface area contributed by atoms with Gasteiger partial charge in [-0.2, -0.15) is 5.10 Å². The van der Waals surface area contributed by atoms with Crippen molar-refractivity contribution in [3.05, 3.63) is 70.3 Å². The highest BCUT2D eigenvalue weighted by atomic mass is 79.9. The van der Waals surface area contributed by atoms with E-state index < -0.39 is 0 Å². The van der Waals surface area contributed by atoms with Gasteiger partial charge < -0.3 is 4.74 Å². The average Bonchev–Trinajstić information content (AvgIpc) is 2.93. The molecular weight excluding hydrogens is 368 g/mol. The summed E-state index contributed by atoms with van der Waals surface area (Å²) in [6.45, 7) is 4.01. The van der Waals surface area contributed by atoms with Gasteiger partial charge in [-0.3, -0.25) is 0 Å². The number of nitrogens with zero attached hydrogens (tertiary/aromatic N) is 2. The molecule has 122 valence electrons. The molecule has 0 unspecified atom stereocenters. The van der Waals surface area contributed by atoms with Crippen molar-refractivity contribution < 1.29 is 9.53 Å². The van der Waals surface area contributed by atoms with Crippen LogP contribution in [0.5, 0.6) is 0 Å². The average molecular weight is 385 g/mol. The van der Waals surface area contributed by atoms with Crippen LogP contribution in [0.25, 0.3) is 16.9 Å². The molecule has 0 atom stereocenters. The third kappa shape index (κ3) is 3.12. The Morgan fingerprint density at radius 2 is 1.92 bits per heavy atom. The maximum Gasteiger partial charge on any atom is 0.342 e. The number of benzene rings is 2. The molecule has 0 radical (unpaired) electrons. The molecular formula is C19H17BrN2O2. The van der Waals surface area contributed by atoms with Gasteiger partial charge in [0.15, 0.2) is 0 Å². The van der Waals surface area contributed by atoms with Crippen molar-refractivity contribution in [2.24, 2.45) is 0 Å². The molecule has 0 bridgehead atoms. The third-order valence-corrected chi connectivity index (χ3v) is 4.19. The van der Waals surface area contributed by atoms with Crippen LogP contribution in [0.4, 0.5) is 0 Å². The number of carbonyl (C=O) groups is 1. The van der Waals surface area contributed by atoms with E-state index in [-0.39, 0.29) is 5.97 Å². The number of ether oxygens (including phenoxy) is 1. The fourth-order valence-corrected chi connectivity index (χ4v) is 3.01. The fraction of sp³-hybridized carbons (Fsp3) is 0.158. The Bertz CT molecular complexity index is 872. The van der Waals surface area contributed by atoms with Crippen molar-refractivity contribution in [1.29, 1.82) is 0 Å². The normalized spacial score (nSPS) is 10.6. The van der Waals surface area contributed by atoms with Crippen LogP contribution in [0, 0.1) is 6.92 Å². The van der Waals surface area contributed by atoms with E-state index in [4.69, 9.17) is 4.74 Å². The summed E-state index contributed by atoms with van der Waals surface area (Å²) in [4.78, 5) is 12.5. The highest BCUT2D eigenvalue weighted by Crippen LogP contribution is 2.29. The highest BCUT2D eigenvalue weighted by molar-refractivity contribution is 9.10. The Hall–Kier alpha value is -2.40. The first-order chi connectivity index (χ1) is 11.6. The highest BCUT2D eigenvalue weighted by Gasteiger charge is 2.24. The molecule has 0 aliphatic heterocycles. The molecule has 24 heavy (non-hydrogen) atoms. The van der Waals surface area contributed by atoms with E-state index in [9.17, 15) is 4.79 Å². The van der Waals surface area contributed by atoms with Gasteiger partial charge in [-0.25, -0.2) is 9.48 Å². The summed E-state index contributed by atoms with van der Waals surface area (Å²) in [6, 6.07) is 17.5. The summed E-state index contributed by atoms with van der Waals surface area (Å²) < 4.78 is 7.96. The van der Waals surface area contributed by atoms with Gasteiger partial charge in [-0.05, 0) is 38.1 Å². The molecule has 0 aliphatic carbocycles. The Kier molecular flexibility index (Phi) is 4.81. The zero-order valence-corrected chi connectivity index (χ0v) is 15.1. The summed E-state index contributed by atoms with van der Waals surface area (Å²) in [6.07, 6.45) is 0. The van der Waals surface area contributed by atoms with E-state index in [2.05, 4.69) is 21.0 Å². The molecule has 0 saturated heterocycles. The first kappa shape index (κ1) is 16.5.